The Bertz CT molecular complexity index is 957. The van der Waals surface area contributed by atoms with Gasteiger partial charge in [-0.25, -0.2) is 0 Å². The monoisotopic (exact) mass is 419 g/mol. The topological polar surface area (TPSA) is 63.7 Å². The number of hydrogen-bond donors (Lipinski definition) is 0. The zero-order chi connectivity index (χ0) is 20.4. The van der Waals surface area contributed by atoms with Gasteiger partial charge in [-0.05, 0) is 55.3 Å². The number of esters is 1. The molecule has 0 unspecified atom stereocenters. The molecule has 28 heavy (non-hydrogen) atoms. The molecule has 0 aliphatic carbocycles. The number of nitrogens with zero attached hydrogens (tertiary/aromatic N) is 1. The van der Waals surface area contributed by atoms with Gasteiger partial charge in [0.05, 0.1) is 10.9 Å². The SMILES string of the molecule is Cc1ccc(N2C[C@H](C(=O)OCC(=O)c3ccc(Cl)cc3Cl)CC2=O)cc1C. The van der Waals surface area contributed by atoms with E-state index in [1.807, 2.05) is 32.0 Å². The van der Waals surface area contributed by atoms with Crippen molar-refractivity contribution in [3.05, 3.63) is 63.1 Å². The molecular formula is C21H19Cl2NO4. The fourth-order valence-corrected chi connectivity index (χ4v) is 3.57. The highest BCUT2D eigenvalue weighted by atomic mass is 35.5. The Kier molecular flexibility index (Phi) is 6.06. The number of anilines is 1. The summed E-state index contributed by atoms with van der Waals surface area (Å²) in [5, 5.41) is 0.611. The van der Waals surface area contributed by atoms with Crippen LogP contribution in [0.15, 0.2) is 36.4 Å². The molecule has 1 heterocycles. The molecule has 1 fully saturated rings. The van der Waals surface area contributed by atoms with Gasteiger partial charge >= 0.3 is 5.97 Å². The van der Waals surface area contributed by atoms with Crippen molar-refractivity contribution < 1.29 is 19.1 Å². The maximum Gasteiger partial charge on any atom is 0.311 e. The summed E-state index contributed by atoms with van der Waals surface area (Å²) in [4.78, 5) is 38.5. The normalized spacial score (nSPS) is 16.4. The highest BCUT2D eigenvalue weighted by Gasteiger charge is 2.36. The molecule has 7 heteroatoms. The fourth-order valence-electron chi connectivity index (χ4n) is 3.06. The van der Waals surface area contributed by atoms with Gasteiger partial charge in [-0.2, -0.15) is 0 Å². The van der Waals surface area contributed by atoms with Crippen molar-refractivity contribution in [3.8, 4) is 0 Å². The first-order valence-electron chi connectivity index (χ1n) is 8.78. The molecule has 5 nitrogen and oxygen atoms in total. The van der Waals surface area contributed by atoms with Gasteiger partial charge in [0.1, 0.15) is 0 Å². The highest BCUT2D eigenvalue weighted by Crippen LogP contribution is 2.28. The predicted octanol–water partition coefficient (Wildman–Crippen LogP) is 4.39. The van der Waals surface area contributed by atoms with Gasteiger partial charge in [-0.3, -0.25) is 14.4 Å². The van der Waals surface area contributed by atoms with Crippen LogP contribution in [0, 0.1) is 19.8 Å². The third-order valence-electron chi connectivity index (χ3n) is 4.84. The molecule has 1 aliphatic rings. The molecule has 0 radical (unpaired) electrons. The quantitative estimate of drug-likeness (QED) is 0.532. The van der Waals surface area contributed by atoms with Crippen LogP contribution in [-0.2, 0) is 14.3 Å². The first kappa shape index (κ1) is 20.4. The summed E-state index contributed by atoms with van der Waals surface area (Å²) >= 11 is 11.8. The molecular weight excluding hydrogens is 401 g/mol. The van der Waals surface area contributed by atoms with Gasteiger partial charge in [0.15, 0.2) is 6.61 Å². The van der Waals surface area contributed by atoms with E-state index in [0.29, 0.717) is 5.02 Å². The number of carbonyl (C=O) groups is 3. The largest absolute Gasteiger partial charge is 0.457 e. The van der Waals surface area contributed by atoms with E-state index in [4.69, 9.17) is 27.9 Å². The Labute approximate surface area is 173 Å². The van der Waals surface area contributed by atoms with E-state index in [1.165, 1.54) is 12.1 Å². The lowest BCUT2D eigenvalue weighted by Crippen LogP contribution is -2.27. The van der Waals surface area contributed by atoms with Gasteiger partial charge in [-0.1, -0.05) is 29.3 Å². The number of carbonyl (C=O) groups excluding carboxylic acids is 3. The van der Waals surface area contributed by atoms with Crippen LogP contribution in [0.2, 0.25) is 10.0 Å². The maximum atomic E-state index is 12.4. The zero-order valence-electron chi connectivity index (χ0n) is 15.5. The number of halogens is 2. The molecule has 146 valence electrons. The van der Waals surface area contributed by atoms with E-state index in [2.05, 4.69) is 0 Å². The summed E-state index contributed by atoms with van der Waals surface area (Å²) in [6.07, 6.45) is 0.0572. The summed E-state index contributed by atoms with van der Waals surface area (Å²) < 4.78 is 5.14. The van der Waals surface area contributed by atoms with Crippen molar-refractivity contribution in [2.75, 3.05) is 18.1 Å². The standard InChI is InChI=1S/C21H19Cl2NO4/c1-12-3-5-16(7-13(12)2)24-10-14(8-20(24)26)21(27)28-11-19(25)17-6-4-15(22)9-18(17)23/h3-7,9,14H,8,10-11H2,1-2H3/t14-/m1/s1. The van der Waals surface area contributed by atoms with Crippen LogP contribution in [-0.4, -0.2) is 30.8 Å². The minimum Gasteiger partial charge on any atom is -0.457 e. The minimum atomic E-state index is -0.609. The first-order chi connectivity index (χ1) is 13.3. The molecule has 2 aromatic carbocycles. The molecule has 0 N–H and O–H groups in total. The van der Waals surface area contributed by atoms with E-state index in [1.54, 1.807) is 11.0 Å². The third kappa shape index (κ3) is 4.37. The lowest BCUT2D eigenvalue weighted by molar-refractivity contribution is -0.147. The number of ether oxygens (including phenoxy) is 1. The van der Waals surface area contributed by atoms with Gasteiger partial charge in [0, 0.05) is 29.2 Å². The van der Waals surface area contributed by atoms with E-state index >= 15 is 0 Å². The van der Waals surface area contributed by atoms with Gasteiger partial charge in [0.25, 0.3) is 0 Å². The highest BCUT2D eigenvalue weighted by molar-refractivity contribution is 6.36. The molecule has 0 saturated carbocycles. The Morgan fingerprint density at radius 2 is 1.86 bits per heavy atom. The second-order valence-corrected chi connectivity index (χ2v) is 7.67. The summed E-state index contributed by atoms with van der Waals surface area (Å²) in [5.74, 6) is -1.75. The number of amides is 1. The van der Waals surface area contributed by atoms with Crippen LogP contribution in [0.25, 0.3) is 0 Å². The average Bonchev–Trinajstić information content (AvgIpc) is 3.03. The number of benzene rings is 2. The first-order valence-corrected chi connectivity index (χ1v) is 9.54. The number of ketones is 1. The van der Waals surface area contributed by atoms with E-state index in [0.717, 1.165) is 16.8 Å². The predicted molar refractivity (Wildman–Crippen MR) is 108 cm³/mol. The van der Waals surface area contributed by atoms with Crippen molar-refractivity contribution in [1.82, 2.24) is 0 Å². The molecule has 0 bridgehead atoms. The maximum absolute atomic E-state index is 12.4. The summed E-state index contributed by atoms with van der Waals surface area (Å²) in [7, 11) is 0. The molecule has 1 saturated heterocycles. The van der Waals surface area contributed by atoms with E-state index < -0.39 is 24.3 Å². The Hall–Kier alpha value is -2.37. The van der Waals surface area contributed by atoms with Crippen molar-refractivity contribution in [3.63, 3.8) is 0 Å². The molecule has 3 rings (SSSR count). The van der Waals surface area contributed by atoms with Gasteiger partial charge in [-0.15, -0.1) is 0 Å². The Morgan fingerprint density at radius 3 is 2.54 bits per heavy atom. The van der Waals surface area contributed by atoms with Crippen LogP contribution < -0.4 is 4.90 Å². The van der Waals surface area contributed by atoms with Crippen LogP contribution in [0.4, 0.5) is 5.69 Å². The van der Waals surface area contributed by atoms with Crippen molar-refractivity contribution >= 4 is 46.5 Å². The second-order valence-electron chi connectivity index (χ2n) is 6.83. The zero-order valence-corrected chi connectivity index (χ0v) is 17.0. The van der Waals surface area contributed by atoms with Crippen LogP contribution in [0.1, 0.15) is 27.9 Å². The minimum absolute atomic E-state index is 0.0572. The van der Waals surface area contributed by atoms with Crippen molar-refractivity contribution in [2.24, 2.45) is 5.92 Å². The van der Waals surface area contributed by atoms with Gasteiger partial charge in [0.2, 0.25) is 11.7 Å². The molecule has 1 aliphatic heterocycles. The van der Waals surface area contributed by atoms with Crippen LogP contribution in [0.3, 0.4) is 0 Å². The Balaban J connectivity index is 1.61. The lowest BCUT2D eigenvalue weighted by Gasteiger charge is -2.17. The number of rotatable bonds is 5. The van der Waals surface area contributed by atoms with Crippen molar-refractivity contribution in [2.45, 2.75) is 20.3 Å². The summed E-state index contributed by atoms with van der Waals surface area (Å²) in [5.41, 5.74) is 3.19. The average molecular weight is 420 g/mol. The van der Waals surface area contributed by atoms with E-state index in [9.17, 15) is 14.4 Å². The van der Waals surface area contributed by atoms with E-state index in [-0.39, 0.29) is 29.5 Å². The number of Topliss-reactive ketones (excluding diaryl/α,β-unsaturated/α-hetero) is 1. The smallest absolute Gasteiger partial charge is 0.311 e. The Morgan fingerprint density at radius 1 is 1.11 bits per heavy atom. The summed E-state index contributed by atoms with van der Waals surface area (Å²) in [6.45, 7) is 3.76. The van der Waals surface area contributed by atoms with Gasteiger partial charge < -0.3 is 9.64 Å². The number of hydrogen-bond acceptors (Lipinski definition) is 4. The molecule has 0 spiro atoms. The second kappa shape index (κ2) is 8.33. The van der Waals surface area contributed by atoms with Crippen LogP contribution >= 0.6 is 23.2 Å². The number of aryl methyl sites for hydroxylation is 2. The summed E-state index contributed by atoms with van der Waals surface area (Å²) in [6, 6.07) is 10.2. The fraction of sp³-hybridized carbons (Fsp3) is 0.286. The lowest BCUT2D eigenvalue weighted by atomic mass is 10.1. The molecule has 1 amide bonds. The van der Waals surface area contributed by atoms with Crippen LogP contribution in [0.5, 0.6) is 0 Å². The molecule has 2 aromatic rings. The van der Waals surface area contributed by atoms with Crippen molar-refractivity contribution in [1.29, 1.82) is 0 Å². The molecule has 1 atom stereocenters. The molecule has 0 aromatic heterocycles. The third-order valence-corrected chi connectivity index (χ3v) is 5.39.